The van der Waals surface area contributed by atoms with Gasteiger partial charge in [0, 0.05) is 18.8 Å². The predicted molar refractivity (Wildman–Crippen MR) is 99.1 cm³/mol. The monoisotopic (exact) mass is 363 g/mol. The van der Waals surface area contributed by atoms with E-state index >= 15 is 0 Å². The number of aliphatic hydroxyl groups is 1. The second kappa shape index (κ2) is 8.64. The lowest BCUT2D eigenvalue weighted by molar-refractivity contribution is 0.0346. The molecule has 0 saturated heterocycles. The van der Waals surface area contributed by atoms with E-state index in [0.29, 0.717) is 17.9 Å². The Kier molecular flexibility index (Phi) is 6.26. The molecule has 8 nitrogen and oxygen atoms in total. The Morgan fingerprint density at radius 1 is 1.27 bits per heavy atom. The van der Waals surface area contributed by atoms with Crippen molar-refractivity contribution in [2.24, 2.45) is 5.73 Å². The van der Waals surface area contributed by atoms with Gasteiger partial charge in [0.15, 0.2) is 0 Å². The zero-order valence-corrected chi connectivity index (χ0v) is 15.3. The number of ether oxygens (including phenoxy) is 1. The fourth-order valence-corrected chi connectivity index (χ4v) is 3.82. The standard InChI is InChI=1S/C18H29N5O3/c1-2-26-12-8-6-11(7-9-12)21-18-20-10-13(16(19)25)17(23-18)22-14-4-3-5-15(14)24/h10-12,14-15,24H,2-9H2,1H3,(H2,19,25)(H2,20,21,22,23)/t11-,12-,14?,15-/m1/s1. The van der Waals surface area contributed by atoms with Crippen molar-refractivity contribution >= 4 is 17.7 Å². The summed E-state index contributed by atoms with van der Waals surface area (Å²) in [6.07, 6.45) is 7.93. The molecule has 3 rings (SSSR count). The SMILES string of the molecule is CCO[C@H]1CC[C@H](Nc2ncc(C(N)=O)c(NC3CCC[C@H]3O)n2)CC1. The van der Waals surface area contributed by atoms with Gasteiger partial charge in [-0.2, -0.15) is 4.98 Å². The first-order valence-electron chi connectivity index (χ1n) is 9.56. The minimum atomic E-state index is -0.580. The molecular weight excluding hydrogens is 334 g/mol. The van der Waals surface area contributed by atoms with Crippen LogP contribution >= 0.6 is 0 Å². The van der Waals surface area contributed by atoms with Crippen LogP contribution in [0, 0.1) is 0 Å². The largest absolute Gasteiger partial charge is 0.391 e. The van der Waals surface area contributed by atoms with Gasteiger partial charge in [-0.05, 0) is 51.9 Å². The number of nitrogens with one attached hydrogen (secondary N) is 2. The molecule has 0 aliphatic heterocycles. The van der Waals surface area contributed by atoms with E-state index in [-0.39, 0.29) is 17.6 Å². The van der Waals surface area contributed by atoms with Crippen molar-refractivity contribution < 1.29 is 14.6 Å². The molecule has 1 amide bonds. The number of hydrogen-bond acceptors (Lipinski definition) is 7. The van der Waals surface area contributed by atoms with Crippen molar-refractivity contribution in [2.45, 2.75) is 76.2 Å². The van der Waals surface area contributed by atoms with Gasteiger partial charge in [-0.1, -0.05) is 0 Å². The summed E-state index contributed by atoms with van der Waals surface area (Å²) in [5, 5.41) is 16.6. The third-order valence-corrected chi connectivity index (χ3v) is 5.27. The number of amides is 1. The van der Waals surface area contributed by atoms with Gasteiger partial charge in [-0.15, -0.1) is 0 Å². The summed E-state index contributed by atoms with van der Waals surface area (Å²) >= 11 is 0. The van der Waals surface area contributed by atoms with Gasteiger partial charge in [-0.25, -0.2) is 4.98 Å². The topological polar surface area (TPSA) is 122 Å². The number of primary amides is 1. The molecule has 0 spiro atoms. The molecule has 26 heavy (non-hydrogen) atoms. The van der Waals surface area contributed by atoms with Crippen molar-refractivity contribution in [3.8, 4) is 0 Å². The summed E-state index contributed by atoms with van der Waals surface area (Å²) in [5.41, 5.74) is 5.69. The van der Waals surface area contributed by atoms with Crippen LogP contribution in [0.4, 0.5) is 11.8 Å². The van der Waals surface area contributed by atoms with E-state index in [1.54, 1.807) is 0 Å². The van der Waals surface area contributed by atoms with Crippen molar-refractivity contribution in [1.82, 2.24) is 9.97 Å². The summed E-state index contributed by atoms with van der Waals surface area (Å²) in [6, 6.07) is 0.175. The Morgan fingerprint density at radius 2 is 2.04 bits per heavy atom. The highest BCUT2D eigenvalue weighted by Crippen LogP contribution is 2.26. The Morgan fingerprint density at radius 3 is 2.65 bits per heavy atom. The van der Waals surface area contributed by atoms with Crippen LogP contribution < -0.4 is 16.4 Å². The molecule has 1 aromatic heterocycles. The first kappa shape index (κ1) is 18.8. The molecule has 2 aliphatic carbocycles. The number of aliphatic hydroxyl groups excluding tert-OH is 1. The molecule has 2 atom stereocenters. The molecular formula is C18H29N5O3. The molecule has 0 bridgehead atoms. The second-order valence-corrected chi connectivity index (χ2v) is 7.14. The maximum atomic E-state index is 11.7. The fourth-order valence-electron chi connectivity index (χ4n) is 3.82. The molecule has 1 aromatic rings. The van der Waals surface area contributed by atoms with Gasteiger partial charge in [0.25, 0.3) is 5.91 Å². The van der Waals surface area contributed by atoms with Crippen molar-refractivity contribution in [1.29, 1.82) is 0 Å². The lowest BCUT2D eigenvalue weighted by Crippen LogP contribution is -2.32. The van der Waals surface area contributed by atoms with Crippen LogP contribution in [-0.4, -0.2) is 51.9 Å². The van der Waals surface area contributed by atoms with Gasteiger partial charge in [0.1, 0.15) is 5.82 Å². The van der Waals surface area contributed by atoms with E-state index in [1.807, 2.05) is 6.92 Å². The Hall–Kier alpha value is -1.93. The van der Waals surface area contributed by atoms with Crippen LogP contribution in [-0.2, 0) is 4.74 Å². The van der Waals surface area contributed by atoms with E-state index in [0.717, 1.165) is 51.6 Å². The van der Waals surface area contributed by atoms with Crippen LogP contribution in [0.1, 0.15) is 62.2 Å². The lowest BCUT2D eigenvalue weighted by Gasteiger charge is -2.29. The van der Waals surface area contributed by atoms with Gasteiger partial charge < -0.3 is 26.2 Å². The molecule has 2 fully saturated rings. The summed E-state index contributed by atoms with van der Waals surface area (Å²) in [6.45, 7) is 2.77. The third-order valence-electron chi connectivity index (χ3n) is 5.27. The maximum absolute atomic E-state index is 11.7. The quantitative estimate of drug-likeness (QED) is 0.581. The molecule has 0 radical (unpaired) electrons. The number of carbonyl (C=O) groups excluding carboxylic acids is 1. The molecule has 2 saturated carbocycles. The second-order valence-electron chi connectivity index (χ2n) is 7.14. The highest BCUT2D eigenvalue weighted by atomic mass is 16.5. The van der Waals surface area contributed by atoms with Crippen LogP contribution in [0.3, 0.4) is 0 Å². The summed E-state index contributed by atoms with van der Waals surface area (Å²) in [5.74, 6) is 0.289. The first-order valence-corrected chi connectivity index (χ1v) is 9.56. The van der Waals surface area contributed by atoms with E-state index in [1.165, 1.54) is 6.20 Å². The van der Waals surface area contributed by atoms with E-state index in [9.17, 15) is 9.90 Å². The average Bonchev–Trinajstić information content (AvgIpc) is 3.02. The van der Waals surface area contributed by atoms with E-state index < -0.39 is 12.0 Å². The molecule has 8 heteroatoms. The first-order chi connectivity index (χ1) is 12.6. The number of nitrogens with zero attached hydrogens (tertiary/aromatic N) is 2. The number of anilines is 2. The number of nitrogens with two attached hydrogens (primary N) is 1. The number of carbonyl (C=O) groups is 1. The average molecular weight is 363 g/mol. The maximum Gasteiger partial charge on any atom is 0.254 e. The van der Waals surface area contributed by atoms with Crippen LogP contribution in [0.5, 0.6) is 0 Å². The van der Waals surface area contributed by atoms with Crippen molar-refractivity contribution in [3.63, 3.8) is 0 Å². The summed E-state index contributed by atoms with van der Waals surface area (Å²) < 4.78 is 5.68. The predicted octanol–water partition coefficient (Wildman–Crippen LogP) is 1.66. The Balaban J connectivity index is 1.66. The Labute approximate surface area is 153 Å². The minimum absolute atomic E-state index is 0.113. The number of hydrogen-bond donors (Lipinski definition) is 4. The normalized spacial score (nSPS) is 28.7. The molecule has 1 unspecified atom stereocenters. The number of rotatable bonds is 7. The molecule has 5 N–H and O–H groups in total. The Bertz CT molecular complexity index is 619. The number of aromatic nitrogens is 2. The summed E-state index contributed by atoms with van der Waals surface area (Å²) in [4.78, 5) is 20.4. The zero-order valence-electron chi connectivity index (χ0n) is 15.3. The minimum Gasteiger partial charge on any atom is -0.391 e. The molecule has 0 aromatic carbocycles. The highest BCUT2D eigenvalue weighted by molar-refractivity contribution is 5.97. The molecule has 1 heterocycles. The van der Waals surface area contributed by atoms with Crippen molar-refractivity contribution in [3.05, 3.63) is 11.8 Å². The van der Waals surface area contributed by atoms with E-state index in [2.05, 4.69) is 20.6 Å². The van der Waals surface area contributed by atoms with Crippen molar-refractivity contribution in [2.75, 3.05) is 17.2 Å². The van der Waals surface area contributed by atoms with Crippen LogP contribution in [0.15, 0.2) is 6.20 Å². The molecule has 144 valence electrons. The van der Waals surface area contributed by atoms with Gasteiger partial charge in [-0.3, -0.25) is 4.79 Å². The third kappa shape index (κ3) is 4.62. The fraction of sp³-hybridized carbons (Fsp3) is 0.722. The zero-order chi connectivity index (χ0) is 18.5. The van der Waals surface area contributed by atoms with Gasteiger partial charge in [0.05, 0.1) is 23.8 Å². The summed E-state index contributed by atoms with van der Waals surface area (Å²) in [7, 11) is 0. The smallest absolute Gasteiger partial charge is 0.254 e. The van der Waals surface area contributed by atoms with Gasteiger partial charge >= 0.3 is 0 Å². The van der Waals surface area contributed by atoms with Crippen LogP contribution in [0.25, 0.3) is 0 Å². The lowest BCUT2D eigenvalue weighted by atomic mass is 9.93. The highest BCUT2D eigenvalue weighted by Gasteiger charge is 2.27. The molecule has 2 aliphatic rings. The van der Waals surface area contributed by atoms with Gasteiger partial charge in [0.2, 0.25) is 5.95 Å². The van der Waals surface area contributed by atoms with Crippen LogP contribution in [0.2, 0.25) is 0 Å². The van der Waals surface area contributed by atoms with E-state index in [4.69, 9.17) is 10.5 Å².